The van der Waals surface area contributed by atoms with Crippen molar-refractivity contribution in [3.8, 4) is 0 Å². The van der Waals surface area contributed by atoms with E-state index in [0.29, 0.717) is 6.42 Å². The summed E-state index contributed by atoms with van der Waals surface area (Å²) in [5, 5.41) is 11.6. The Kier molecular flexibility index (Phi) is 3.89. The SMILES string of the molecule is OC1(Cc2ccc(Cl)cc2)CCc2cc(Br)ccc2C1. The van der Waals surface area contributed by atoms with E-state index in [0.717, 1.165) is 34.3 Å². The van der Waals surface area contributed by atoms with E-state index >= 15 is 0 Å². The molecular formula is C17H16BrClO. The van der Waals surface area contributed by atoms with Crippen LogP contribution in [0, 0.1) is 0 Å². The largest absolute Gasteiger partial charge is 0.389 e. The maximum atomic E-state index is 10.9. The Balaban J connectivity index is 1.80. The van der Waals surface area contributed by atoms with Gasteiger partial charge in [-0.25, -0.2) is 0 Å². The highest BCUT2D eigenvalue weighted by Gasteiger charge is 2.32. The molecular weight excluding hydrogens is 336 g/mol. The van der Waals surface area contributed by atoms with Crippen LogP contribution in [0.5, 0.6) is 0 Å². The lowest BCUT2D eigenvalue weighted by molar-refractivity contribution is 0.0267. The molecule has 3 heteroatoms. The molecule has 0 saturated carbocycles. The van der Waals surface area contributed by atoms with Crippen LogP contribution in [0.4, 0.5) is 0 Å². The van der Waals surface area contributed by atoms with Crippen LogP contribution in [-0.2, 0) is 19.3 Å². The van der Waals surface area contributed by atoms with Crippen molar-refractivity contribution in [3.05, 3.63) is 68.7 Å². The van der Waals surface area contributed by atoms with Gasteiger partial charge in [-0.1, -0.05) is 45.7 Å². The number of hydrogen-bond donors (Lipinski definition) is 1. The van der Waals surface area contributed by atoms with Gasteiger partial charge in [-0.3, -0.25) is 0 Å². The van der Waals surface area contributed by atoms with Crippen LogP contribution in [0.3, 0.4) is 0 Å². The summed E-state index contributed by atoms with van der Waals surface area (Å²) < 4.78 is 1.11. The van der Waals surface area contributed by atoms with Gasteiger partial charge in [-0.2, -0.15) is 0 Å². The Bertz CT molecular complexity index is 623. The van der Waals surface area contributed by atoms with Crippen LogP contribution in [0.25, 0.3) is 0 Å². The quantitative estimate of drug-likeness (QED) is 0.840. The van der Waals surface area contributed by atoms with Gasteiger partial charge in [0.25, 0.3) is 0 Å². The molecule has 104 valence electrons. The molecule has 2 aromatic carbocycles. The monoisotopic (exact) mass is 350 g/mol. The van der Waals surface area contributed by atoms with Crippen molar-refractivity contribution in [2.75, 3.05) is 0 Å². The number of fused-ring (bicyclic) bond motifs is 1. The third-order valence-electron chi connectivity index (χ3n) is 3.99. The molecule has 3 rings (SSSR count). The molecule has 20 heavy (non-hydrogen) atoms. The second kappa shape index (κ2) is 5.51. The van der Waals surface area contributed by atoms with E-state index in [-0.39, 0.29) is 0 Å². The van der Waals surface area contributed by atoms with E-state index in [4.69, 9.17) is 11.6 Å². The van der Waals surface area contributed by atoms with Gasteiger partial charge < -0.3 is 5.11 Å². The highest BCUT2D eigenvalue weighted by Crippen LogP contribution is 2.33. The summed E-state index contributed by atoms with van der Waals surface area (Å²) in [7, 11) is 0. The summed E-state index contributed by atoms with van der Waals surface area (Å²) in [6.45, 7) is 0. The average molecular weight is 352 g/mol. The first kappa shape index (κ1) is 14.1. The highest BCUT2D eigenvalue weighted by molar-refractivity contribution is 9.10. The predicted octanol–water partition coefficient (Wildman–Crippen LogP) is 4.57. The molecule has 1 aliphatic carbocycles. The molecule has 0 radical (unpaired) electrons. The van der Waals surface area contributed by atoms with Gasteiger partial charge in [0.2, 0.25) is 0 Å². The smallest absolute Gasteiger partial charge is 0.0731 e. The topological polar surface area (TPSA) is 20.2 Å². The average Bonchev–Trinajstić information content (AvgIpc) is 2.42. The van der Waals surface area contributed by atoms with Crippen LogP contribution >= 0.6 is 27.5 Å². The fourth-order valence-corrected chi connectivity index (χ4v) is 3.48. The zero-order chi connectivity index (χ0) is 14.2. The zero-order valence-electron chi connectivity index (χ0n) is 11.1. The molecule has 0 aromatic heterocycles. The van der Waals surface area contributed by atoms with Crippen molar-refractivity contribution in [1.29, 1.82) is 0 Å². The molecule has 0 amide bonds. The molecule has 0 heterocycles. The Labute approximate surface area is 132 Å². The minimum absolute atomic E-state index is 0.644. The van der Waals surface area contributed by atoms with Crippen molar-refractivity contribution in [2.24, 2.45) is 0 Å². The number of hydrogen-bond acceptors (Lipinski definition) is 1. The van der Waals surface area contributed by atoms with Gasteiger partial charge in [0.15, 0.2) is 0 Å². The minimum Gasteiger partial charge on any atom is -0.389 e. The van der Waals surface area contributed by atoms with Crippen LogP contribution < -0.4 is 0 Å². The zero-order valence-corrected chi connectivity index (χ0v) is 13.4. The molecule has 1 N–H and O–H groups in total. The van der Waals surface area contributed by atoms with Crippen LogP contribution in [0.2, 0.25) is 5.02 Å². The lowest BCUT2D eigenvalue weighted by Gasteiger charge is -2.34. The molecule has 0 fully saturated rings. The standard InChI is InChI=1S/C17H16BrClO/c18-15-4-3-14-11-17(20,8-7-13(14)9-15)10-12-1-5-16(19)6-2-12/h1-6,9,20H,7-8,10-11H2. The number of aliphatic hydroxyl groups is 1. The van der Waals surface area contributed by atoms with E-state index in [1.54, 1.807) is 0 Å². The van der Waals surface area contributed by atoms with Gasteiger partial charge >= 0.3 is 0 Å². The van der Waals surface area contributed by atoms with Crippen molar-refractivity contribution in [3.63, 3.8) is 0 Å². The number of benzene rings is 2. The molecule has 1 unspecified atom stereocenters. The molecule has 2 aromatic rings. The van der Waals surface area contributed by atoms with Gasteiger partial charge in [-0.05, 0) is 53.8 Å². The number of aryl methyl sites for hydroxylation is 1. The predicted molar refractivity (Wildman–Crippen MR) is 86.3 cm³/mol. The normalized spacial score (nSPS) is 21.6. The van der Waals surface area contributed by atoms with E-state index in [1.807, 2.05) is 30.3 Å². The van der Waals surface area contributed by atoms with Crippen LogP contribution in [0.15, 0.2) is 46.9 Å². The van der Waals surface area contributed by atoms with Crippen molar-refractivity contribution >= 4 is 27.5 Å². The molecule has 1 aliphatic rings. The second-order valence-corrected chi connectivity index (χ2v) is 6.97. The first-order valence-electron chi connectivity index (χ1n) is 6.78. The van der Waals surface area contributed by atoms with E-state index in [2.05, 4.69) is 28.1 Å². The summed E-state index contributed by atoms with van der Waals surface area (Å²) in [4.78, 5) is 0. The number of rotatable bonds is 2. The van der Waals surface area contributed by atoms with E-state index in [1.165, 1.54) is 11.1 Å². The second-order valence-electron chi connectivity index (χ2n) is 5.62. The first-order valence-corrected chi connectivity index (χ1v) is 7.95. The van der Waals surface area contributed by atoms with E-state index < -0.39 is 5.60 Å². The Hall–Kier alpha value is -0.830. The van der Waals surface area contributed by atoms with Gasteiger partial charge in [-0.15, -0.1) is 0 Å². The summed E-state index contributed by atoms with van der Waals surface area (Å²) >= 11 is 9.41. The third-order valence-corrected chi connectivity index (χ3v) is 4.74. The highest BCUT2D eigenvalue weighted by atomic mass is 79.9. The van der Waals surface area contributed by atoms with Crippen molar-refractivity contribution < 1.29 is 5.11 Å². The Morgan fingerprint density at radius 1 is 1.10 bits per heavy atom. The number of halogens is 2. The van der Waals surface area contributed by atoms with Crippen molar-refractivity contribution in [1.82, 2.24) is 0 Å². The van der Waals surface area contributed by atoms with Gasteiger partial charge in [0.1, 0.15) is 0 Å². The lowest BCUT2D eigenvalue weighted by Crippen LogP contribution is -2.38. The fraction of sp³-hybridized carbons (Fsp3) is 0.294. The molecule has 0 aliphatic heterocycles. The van der Waals surface area contributed by atoms with Gasteiger partial charge in [0, 0.05) is 22.3 Å². The van der Waals surface area contributed by atoms with Crippen molar-refractivity contribution in [2.45, 2.75) is 31.3 Å². The third kappa shape index (κ3) is 3.08. The molecule has 1 nitrogen and oxygen atoms in total. The maximum Gasteiger partial charge on any atom is 0.0731 e. The summed E-state index contributed by atoms with van der Waals surface area (Å²) in [6.07, 6.45) is 3.13. The molecule has 0 bridgehead atoms. The molecule has 0 saturated heterocycles. The van der Waals surface area contributed by atoms with E-state index in [9.17, 15) is 5.11 Å². The lowest BCUT2D eigenvalue weighted by atomic mass is 9.77. The summed E-state index contributed by atoms with van der Waals surface area (Å²) in [5.74, 6) is 0. The summed E-state index contributed by atoms with van der Waals surface area (Å²) in [6, 6.07) is 14.1. The Morgan fingerprint density at radius 2 is 1.85 bits per heavy atom. The minimum atomic E-state index is -0.644. The van der Waals surface area contributed by atoms with Crippen LogP contribution in [-0.4, -0.2) is 10.7 Å². The van der Waals surface area contributed by atoms with Crippen LogP contribution in [0.1, 0.15) is 23.1 Å². The fourth-order valence-electron chi connectivity index (χ4n) is 2.94. The maximum absolute atomic E-state index is 10.9. The molecule has 0 spiro atoms. The Morgan fingerprint density at radius 3 is 2.60 bits per heavy atom. The molecule has 1 atom stereocenters. The van der Waals surface area contributed by atoms with Gasteiger partial charge in [0.05, 0.1) is 5.60 Å². The first-order chi connectivity index (χ1) is 9.54. The summed E-state index contributed by atoms with van der Waals surface area (Å²) in [5.41, 5.74) is 3.10.